The van der Waals surface area contributed by atoms with Crippen molar-refractivity contribution in [1.82, 2.24) is 0 Å². The van der Waals surface area contributed by atoms with E-state index in [0.29, 0.717) is 18.4 Å². The summed E-state index contributed by atoms with van der Waals surface area (Å²) in [5, 5.41) is 0. The van der Waals surface area contributed by atoms with Gasteiger partial charge in [-0.1, -0.05) is 20.3 Å². The zero-order chi connectivity index (χ0) is 8.72. The number of hydrogen-bond acceptors (Lipinski definition) is 2. The summed E-state index contributed by atoms with van der Waals surface area (Å²) in [6.07, 6.45) is 2.50. The molecule has 0 spiro atoms. The van der Waals surface area contributed by atoms with E-state index in [1.807, 2.05) is 6.92 Å². The molecule has 1 aliphatic heterocycles. The summed E-state index contributed by atoms with van der Waals surface area (Å²) in [5.74, 6) is 2.18. The summed E-state index contributed by atoms with van der Waals surface area (Å²) in [5.41, 5.74) is 0. The third kappa shape index (κ3) is 1.05. The van der Waals surface area contributed by atoms with Crippen LogP contribution in [-0.2, 0) is 9.53 Å². The van der Waals surface area contributed by atoms with Crippen LogP contribution in [0.15, 0.2) is 0 Å². The van der Waals surface area contributed by atoms with Crippen LogP contribution in [0.2, 0.25) is 0 Å². The molecule has 0 bridgehead atoms. The van der Waals surface area contributed by atoms with E-state index < -0.39 is 0 Å². The summed E-state index contributed by atoms with van der Waals surface area (Å²) in [4.78, 5) is 11.2. The van der Waals surface area contributed by atoms with Crippen molar-refractivity contribution >= 4 is 5.97 Å². The van der Waals surface area contributed by atoms with Gasteiger partial charge in [0.2, 0.25) is 0 Å². The third-order valence-electron chi connectivity index (χ3n) is 3.67. The van der Waals surface area contributed by atoms with Gasteiger partial charge in [0.05, 0.1) is 12.5 Å². The molecular weight excluding hydrogens is 152 g/mol. The average molecular weight is 168 g/mol. The molecule has 4 atom stereocenters. The Balaban J connectivity index is 2.14. The lowest BCUT2D eigenvalue weighted by Gasteiger charge is -2.31. The largest absolute Gasteiger partial charge is 0.465 e. The Bertz CT molecular complexity index is 200. The summed E-state index contributed by atoms with van der Waals surface area (Å²) in [7, 11) is 0. The Morgan fingerprint density at radius 1 is 1.25 bits per heavy atom. The molecule has 2 rings (SSSR count). The van der Waals surface area contributed by atoms with E-state index in [4.69, 9.17) is 4.74 Å². The minimum Gasteiger partial charge on any atom is -0.465 e. The normalized spacial score (nSPS) is 47.0. The zero-order valence-electron chi connectivity index (χ0n) is 7.75. The number of hydrogen-bond donors (Lipinski definition) is 0. The molecule has 0 N–H and O–H groups in total. The van der Waals surface area contributed by atoms with Gasteiger partial charge in [0, 0.05) is 0 Å². The Morgan fingerprint density at radius 2 is 2.00 bits per heavy atom. The van der Waals surface area contributed by atoms with Crippen LogP contribution in [0.4, 0.5) is 0 Å². The van der Waals surface area contributed by atoms with Crippen LogP contribution in [0, 0.1) is 23.7 Å². The number of esters is 1. The lowest BCUT2D eigenvalue weighted by molar-refractivity contribution is -0.159. The van der Waals surface area contributed by atoms with Crippen LogP contribution < -0.4 is 0 Å². The van der Waals surface area contributed by atoms with Gasteiger partial charge in [-0.05, 0) is 24.2 Å². The second kappa shape index (κ2) is 2.75. The Kier molecular flexibility index (Phi) is 1.85. The number of cyclic esters (lactones) is 1. The number of ether oxygens (including phenoxy) is 1. The highest BCUT2D eigenvalue weighted by Crippen LogP contribution is 2.43. The molecule has 2 heteroatoms. The molecule has 1 saturated carbocycles. The number of fused-ring (bicyclic) bond motifs is 1. The topological polar surface area (TPSA) is 26.3 Å². The lowest BCUT2D eigenvalue weighted by atomic mass is 9.81. The quantitative estimate of drug-likeness (QED) is 0.516. The zero-order valence-corrected chi connectivity index (χ0v) is 7.75. The number of carbonyl (C=O) groups is 1. The first-order valence-corrected chi connectivity index (χ1v) is 4.87. The molecule has 1 unspecified atom stereocenters. The van der Waals surface area contributed by atoms with E-state index >= 15 is 0 Å². The Morgan fingerprint density at radius 3 is 2.75 bits per heavy atom. The molecule has 1 aliphatic carbocycles. The van der Waals surface area contributed by atoms with Crippen LogP contribution in [0.5, 0.6) is 0 Å². The van der Waals surface area contributed by atoms with Crippen LogP contribution in [0.3, 0.4) is 0 Å². The summed E-state index contributed by atoms with van der Waals surface area (Å²) >= 11 is 0. The van der Waals surface area contributed by atoms with Crippen molar-refractivity contribution in [3.8, 4) is 0 Å². The van der Waals surface area contributed by atoms with Gasteiger partial charge in [0.25, 0.3) is 0 Å². The van der Waals surface area contributed by atoms with Gasteiger partial charge >= 0.3 is 5.97 Å². The first-order valence-electron chi connectivity index (χ1n) is 4.87. The molecule has 0 radical (unpaired) electrons. The van der Waals surface area contributed by atoms with Crippen molar-refractivity contribution in [2.45, 2.75) is 26.7 Å². The summed E-state index contributed by atoms with van der Waals surface area (Å²) < 4.78 is 5.14. The first-order chi connectivity index (χ1) is 5.70. The highest BCUT2D eigenvalue weighted by molar-refractivity contribution is 5.73. The number of rotatable bonds is 0. The fraction of sp³-hybridized carbons (Fsp3) is 0.900. The van der Waals surface area contributed by atoms with Gasteiger partial charge in [-0.15, -0.1) is 0 Å². The Labute approximate surface area is 73.3 Å². The maximum Gasteiger partial charge on any atom is 0.308 e. The molecule has 0 amide bonds. The third-order valence-corrected chi connectivity index (χ3v) is 3.67. The maximum atomic E-state index is 11.2. The van der Waals surface area contributed by atoms with Gasteiger partial charge in [0.1, 0.15) is 0 Å². The highest BCUT2D eigenvalue weighted by atomic mass is 16.5. The van der Waals surface area contributed by atoms with E-state index in [2.05, 4.69) is 6.92 Å². The van der Waals surface area contributed by atoms with E-state index in [1.165, 1.54) is 12.8 Å². The van der Waals surface area contributed by atoms with E-state index in [1.54, 1.807) is 0 Å². The van der Waals surface area contributed by atoms with Crippen LogP contribution >= 0.6 is 0 Å². The van der Waals surface area contributed by atoms with Gasteiger partial charge in [0.15, 0.2) is 0 Å². The number of carbonyl (C=O) groups excluding carboxylic acids is 1. The van der Waals surface area contributed by atoms with Crippen molar-refractivity contribution in [3.63, 3.8) is 0 Å². The molecule has 0 aromatic heterocycles. The van der Waals surface area contributed by atoms with Crippen molar-refractivity contribution in [2.75, 3.05) is 6.61 Å². The van der Waals surface area contributed by atoms with Crippen molar-refractivity contribution in [3.05, 3.63) is 0 Å². The molecule has 2 aliphatic rings. The minimum atomic E-state index is 0.0188. The van der Waals surface area contributed by atoms with Crippen molar-refractivity contribution in [1.29, 1.82) is 0 Å². The Hall–Kier alpha value is -0.530. The molecule has 12 heavy (non-hydrogen) atoms. The molecule has 2 fully saturated rings. The standard InChI is InChI=1S/C10H16O2/c1-6-3-4-8-7(2)10(11)12-5-9(6)8/h6-9H,3-5H2,1-2H3/t6-,7?,8+,9+/m0/s1. The van der Waals surface area contributed by atoms with Gasteiger partial charge in [-0.3, -0.25) is 4.79 Å². The maximum absolute atomic E-state index is 11.2. The van der Waals surface area contributed by atoms with Crippen molar-refractivity contribution < 1.29 is 9.53 Å². The van der Waals surface area contributed by atoms with E-state index in [9.17, 15) is 4.79 Å². The predicted molar refractivity (Wildman–Crippen MR) is 45.5 cm³/mol. The van der Waals surface area contributed by atoms with Crippen LogP contribution in [-0.4, -0.2) is 12.6 Å². The fourth-order valence-electron chi connectivity index (χ4n) is 2.70. The average Bonchev–Trinajstić information content (AvgIpc) is 2.41. The fourth-order valence-corrected chi connectivity index (χ4v) is 2.70. The smallest absolute Gasteiger partial charge is 0.308 e. The molecule has 0 aromatic carbocycles. The monoisotopic (exact) mass is 168 g/mol. The molecular formula is C10H16O2. The SMILES string of the molecule is CC1C(=O)OC[C@H]2[C@@H]1CC[C@@H]2C. The summed E-state index contributed by atoms with van der Waals surface area (Å²) in [6, 6.07) is 0. The summed E-state index contributed by atoms with van der Waals surface area (Å²) in [6.45, 7) is 4.96. The van der Waals surface area contributed by atoms with E-state index in [-0.39, 0.29) is 11.9 Å². The second-order valence-corrected chi connectivity index (χ2v) is 4.30. The predicted octanol–water partition coefficient (Wildman–Crippen LogP) is 1.84. The van der Waals surface area contributed by atoms with E-state index in [0.717, 1.165) is 5.92 Å². The van der Waals surface area contributed by atoms with Gasteiger partial charge in [-0.2, -0.15) is 0 Å². The molecule has 0 aromatic rings. The lowest BCUT2D eigenvalue weighted by Crippen LogP contribution is -2.36. The van der Waals surface area contributed by atoms with Crippen LogP contribution in [0.1, 0.15) is 26.7 Å². The highest BCUT2D eigenvalue weighted by Gasteiger charge is 2.43. The van der Waals surface area contributed by atoms with Crippen LogP contribution in [0.25, 0.3) is 0 Å². The minimum absolute atomic E-state index is 0.0188. The molecule has 68 valence electrons. The van der Waals surface area contributed by atoms with Gasteiger partial charge < -0.3 is 4.74 Å². The van der Waals surface area contributed by atoms with Gasteiger partial charge in [-0.25, -0.2) is 0 Å². The first kappa shape index (κ1) is 8.09. The molecule has 2 nitrogen and oxygen atoms in total. The molecule has 1 heterocycles. The second-order valence-electron chi connectivity index (χ2n) is 4.30. The molecule has 1 saturated heterocycles. The van der Waals surface area contributed by atoms with Crippen molar-refractivity contribution in [2.24, 2.45) is 23.7 Å².